The number of benzene rings is 1. The summed E-state index contributed by atoms with van der Waals surface area (Å²) in [5.74, 6) is 1.07. The van der Waals surface area contributed by atoms with Gasteiger partial charge in [0.15, 0.2) is 0 Å². The van der Waals surface area contributed by atoms with Crippen molar-refractivity contribution < 1.29 is 0 Å². The molecule has 0 fully saturated rings. The molecular formula is C11H6BrCl2N5. The van der Waals surface area contributed by atoms with Crippen LogP contribution in [0, 0.1) is 0 Å². The maximum Gasteiger partial charge on any atom is 0.255 e. The number of aromatic nitrogens is 4. The van der Waals surface area contributed by atoms with Crippen molar-refractivity contribution in [1.29, 1.82) is 0 Å². The number of halogens is 3. The molecule has 3 aromatic rings. The Bertz CT molecular complexity index is 758. The Labute approximate surface area is 126 Å². The van der Waals surface area contributed by atoms with Crippen molar-refractivity contribution in [3.8, 4) is 0 Å². The molecule has 3 rings (SSSR count). The van der Waals surface area contributed by atoms with Gasteiger partial charge in [-0.3, -0.25) is 0 Å². The zero-order chi connectivity index (χ0) is 13.4. The van der Waals surface area contributed by atoms with Gasteiger partial charge >= 0.3 is 0 Å². The van der Waals surface area contributed by atoms with E-state index in [2.05, 4.69) is 36.3 Å². The zero-order valence-corrected chi connectivity index (χ0v) is 12.4. The van der Waals surface area contributed by atoms with Crippen LogP contribution >= 0.6 is 39.1 Å². The molecule has 2 heterocycles. The van der Waals surface area contributed by atoms with Gasteiger partial charge in [-0.25, -0.2) is 0 Å². The first-order valence-corrected chi connectivity index (χ1v) is 6.77. The second-order valence-corrected chi connectivity index (χ2v) is 5.25. The summed E-state index contributed by atoms with van der Waals surface area (Å²) < 4.78 is 2.32. The van der Waals surface area contributed by atoms with Crippen LogP contribution in [0.25, 0.3) is 5.78 Å². The maximum atomic E-state index is 6.05. The lowest BCUT2D eigenvalue weighted by Gasteiger charge is -2.10. The molecule has 8 heteroatoms. The van der Waals surface area contributed by atoms with Gasteiger partial charge in [0.05, 0.1) is 15.2 Å². The fourth-order valence-corrected chi connectivity index (χ4v) is 2.33. The molecule has 0 atom stereocenters. The lowest BCUT2D eigenvalue weighted by molar-refractivity contribution is 0.947. The number of hydrogen-bond acceptors (Lipinski definition) is 4. The van der Waals surface area contributed by atoms with Crippen molar-refractivity contribution in [1.82, 2.24) is 19.6 Å². The summed E-state index contributed by atoms with van der Waals surface area (Å²) in [6.07, 6.45) is 1.41. The molecule has 0 saturated heterocycles. The van der Waals surface area contributed by atoms with E-state index in [9.17, 15) is 0 Å². The van der Waals surface area contributed by atoms with Gasteiger partial charge in [-0.15, -0.1) is 0 Å². The normalized spacial score (nSPS) is 10.9. The zero-order valence-electron chi connectivity index (χ0n) is 9.31. The second kappa shape index (κ2) is 4.96. The highest BCUT2D eigenvalue weighted by Crippen LogP contribution is 2.32. The van der Waals surface area contributed by atoms with E-state index in [1.165, 1.54) is 6.33 Å². The molecule has 0 aliphatic rings. The van der Waals surface area contributed by atoms with E-state index in [1.807, 2.05) is 12.1 Å². The summed E-state index contributed by atoms with van der Waals surface area (Å²) in [6, 6.07) is 7.18. The van der Waals surface area contributed by atoms with Crippen LogP contribution in [-0.4, -0.2) is 19.6 Å². The van der Waals surface area contributed by atoms with Crippen molar-refractivity contribution in [2.45, 2.75) is 0 Å². The maximum absolute atomic E-state index is 6.05. The molecule has 0 saturated carbocycles. The van der Waals surface area contributed by atoms with Crippen LogP contribution < -0.4 is 5.32 Å². The number of anilines is 2. The Kier molecular flexibility index (Phi) is 3.30. The molecule has 0 aliphatic carbocycles. The molecule has 5 nitrogen and oxygen atoms in total. The van der Waals surface area contributed by atoms with Gasteiger partial charge in [-0.2, -0.15) is 19.6 Å². The van der Waals surface area contributed by atoms with Gasteiger partial charge < -0.3 is 5.32 Å². The third kappa shape index (κ3) is 2.39. The minimum Gasteiger partial charge on any atom is -0.339 e. The molecule has 19 heavy (non-hydrogen) atoms. The van der Waals surface area contributed by atoms with Crippen molar-refractivity contribution in [3.05, 3.63) is 45.2 Å². The average molecular weight is 359 g/mol. The Morgan fingerprint density at radius 2 is 2.11 bits per heavy atom. The SMILES string of the molecule is Clc1cc(Nc2cccc(Cl)c2Br)n2ncnc2n1. The number of rotatable bonds is 2. The van der Waals surface area contributed by atoms with Crippen LogP contribution in [0.4, 0.5) is 11.5 Å². The van der Waals surface area contributed by atoms with Crippen molar-refractivity contribution in [3.63, 3.8) is 0 Å². The highest BCUT2D eigenvalue weighted by molar-refractivity contribution is 9.10. The average Bonchev–Trinajstić information content (AvgIpc) is 2.83. The van der Waals surface area contributed by atoms with E-state index in [1.54, 1.807) is 16.6 Å². The van der Waals surface area contributed by atoms with E-state index in [0.717, 1.165) is 10.2 Å². The summed E-state index contributed by atoms with van der Waals surface area (Å²) in [5.41, 5.74) is 0.798. The van der Waals surface area contributed by atoms with E-state index < -0.39 is 0 Å². The number of nitrogens with zero attached hydrogens (tertiary/aromatic N) is 4. The molecule has 0 bridgehead atoms. The molecule has 0 spiro atoms. The highest BCUT2D eigenvalue weighted by Gasteiger charge is 2.09. The number of nitrogens with one attached hydrogen (secondary N) is 1. The summed E-state index contributed by atoms with van der Waals surface area (Å²) in [7, 11) is 0. The predicted octanol–water partition coefficient (Wildman–Crippen LogP) is 3.94. The first-order chi connectivity index (χ1) is 9.15. The van der Waals surface area contributed by atoms with E-state index in [0.29, 0.717) is 21.8 Å². The molecule has 0 unspecified atom stereocenters. The lowest BCUT2D eigenvalue weighted by Crippen LogP contribution is -2.02. The molecule has 1 aromatic carbocycles. The minimum absolute atomic E-state index is 0.334. The summed E-state index contributed by atoms with van der Waals surface area (Å²) in [4.78, 5) is 8.06. The smallest absolute Gasteiger partial charge is 0.255 e. The van der Waals surface area contributed by atoms with E-state index in [4.69, 9.17) is 23.2 Å². The third-order valence-electron chi connectivity index (χ3n) is 2.43. The first-order valence-electron chi connectivity index (χ1n) is 5.22. The molecule has 1 N–H and O–H groups in total. The molecule has 2 aromatic heterocycles. The van der Waals surface area contributed by atoms with Gasteiger partial charge in [0.2, 0.25) is 0 Å². The Morgan fingerprint density at radius 3 is 2.95 bits per heavy atom. The fraction of sp³-hybridized carbons (Fsp3) is 0. The summed E-state index contributed by atoms with van der Waals surface area (Å²) in [6.45, 7) is 0. The molecular weight excluding hydrogens is 353 g/mol. The quantitative estimate of drug-likeness (QED) is 0.705. The largest absolute Gasteiger partial charge is 0.339 e. The molecule has 0 amide bonds. The first kappa shape index (κ1) is 12.7. The van der Waals surface area contributed by atoms with Crippen molar-refractivity contribution in [2.24, 2.45) is 0 Å². The molecule has 0 aliphatic heterocycles. The van der Waals surface area contributed by atoms with Gasteiger partial charge in [0.1, 0.15) is 17.3 Å². The van der Waals surface area contributed by atoms with Gasteiger partial charge in [0, 0.05) is 6.07 Å². The number of fused-ring (bicyclic) bond motifs is 1. The number of hydrogen-bond donors (Lipinski definition) is 1. The molecule has 0 radical (unpaired) electrons. The van der Waals surface area contributed by atoms with Crippen LogP contribution in [0.2, 0.25) is 10.2 Å². The monoisotopic (exact) mass is 357 g/mol. The third-order valence-corrected chi connectivity index (χ3v) is 4.03. The minimum atomic E-state index is 0.334. The van der Waals surface area contributed by atoms with Gasteiger partial charge in [-0.1, -0.05) is 29.3 Å². The van der Waals surface area contributed by atoms with Crippen LogP contribution in [0.5, 0.6) is 0 Å². The van der Waals surface area contributed by atoms with Gasteiger partial charge in [0.25, 0.3) is 5.78 Å². The van der Waals surface area contributed by atoms with E-state index in [-0.39, 0.29) is 0 Å². The fourth-order valence-electron chi connectivity index (χ4n) is 1.61. The topological polar surface area (TPSA) is 55.1 Å². The summed E-state index contributed by atoms with van der Waals surface area (Å²) in [5, 5.41) is 8.21. The van der Waals surface area contributed by atoms with Crippen molar-refractivity contribution in [2.75, 3.05) is 5.32 Å². The lowest BCUT2D eigenvalue weighted by atomic mass is 10.3. The predicted molar refractivity (Wildman–Crippen MR) is 78.2 cm³/mol. The Hall–Kier alpha value is -1.37. The van der Waals surface area contributed by atoms with Crippen LogP contribution in [-0.2, 0) is 0 Å². The van der Waals surface area contributed by atoms with E-state index >= 15 is 0 Å². The van der Waals surface area contributed by atoms with Crippen LogP contribution in [0.1, 0.15) is 0 Å². The van der Waals surface area contributed by atoms with Crippen LogP contribution in [0.3, 0.4) is 0 Å². The van der Waals surface area contributed by atoms with Gasteiger partial charge in [-0.05, 0) is 28.1 Å². The van der Waals surface area contributed by atoms with Crippen molar-refractivity contribution >= 4 is 56.4 Å². The Balaban J connectivity index is 2.10. The Morgan fingerprint density at radius 1 is 1.26 bits per heavy atom. The second-order valence-electron chi connectivity index (χ2n) is 3.66. The molecule has 96 valence electrons. The van der Waals surface area contributed by atoms with Crippen LogP contribution in [0.15, 0.2) is 35.1 Å². The highest BCUT2D eigenvalue weighted by atomic mass is 79.9. The standard InChI is InChI=1S/C11H6BrCl2N5/c12-10-6(13)2-1-3-7(10)17-9-4-8(14)18-11-15-5-16-19(9)11/h1-5,17H. The summed E-state index contributed by atoms with van der Waals surface area (Å²) >= 11 is 15.4.